The number of nitrogens with zero attached hydrogens (tertiary/aromatic N) is 1. The number of amides is 2. The number of nitrogens with one attached hydrogen (secondary N) is 1. The Balaban J connectivity index is 1.68. The van der Waals surface area contributed by atoms with Crippen molar-refractivity contribution in [1.82, 2.24) is 4.90 Å². The van der Waals surface area contributed by atoms with Crippen LogP contribution in [0.5, 0.6) is 0 Å². The summed E-state index contributed by atoms with van der Waals surface area (Å²) in [5.41, 5.74) is 1.58. The Morgan fingerprint density at radius 1 is 0.958 bits per heavy atom. The molecule has 24 heavy (non-hydrogen) atoms. The van der Waals surface area contributed by atoms with Gasteiger partial charge in [-0.3, -0.25) is 9.59 Å². The summed E-state index contributed by atoms with van der Waals surface area (Å²) in [5.74, 6) is -0.315. The Kier molecular flexibility index (Phi) is 5.13. The zero-order valence-corrected chi connectivity index (χ0v) is 13.8. The number of ether oxygens (including phenoxy) is 1. The molecule has 6 heteroatoms. The van der Waals surface area contributed by atoms with E-state index in [0.717, 1.165) is 0 Å². The van der Waals surface area contributed by atoms with Gasteiger partial charge >= 0.3 is 0 Å². The monoisotopic (exact) mass is 344 g/mol. The molecule has 0 radical (unpaired) electrons. The molecule has 0 unspecified atom stereocenters. The summed E-state index contributed by atoms with van der Waals surface area (Å²) in [6, 6.07) is 13.6. The van der Waals surface area contributed by atoms with Crippen molar-refractivity contribution in [2.45, 2.75) is 0 Å². The van der Waals surface area contributed by atoms with Gasteiger partial charge in [-0.1, -0.05) is 23.7 Å². The maximum absolute atomic E-state index is 12.4. The lowest BCUT2D eigenvalue weighted by molar-refractivity contribution is 0.0303. The Morgan fingerprint density at radius 2 is 1.58 bits per heavy atom. The topological polar surface area (TPSA) is 58.6 Å². The van der Waals surface area contributed by atoms with Crippen molar-refractivity contribution in [1.29, 1.82) is 0 Å². The van der Waals surface area contributed by atoms with Gasteiger partial charge in [-0.15, -0.1) is 0 Å². The van der Waals surface area contributed by atoms with Crippen molar-refractivity contribution in [3.8, 4) is 0 Å². The number of hydrogen-bond acceptors (Lipinski definition) is 3. The van der Waals surface area contributed by atoms with Crippen LogP contribution in [0.1, 0.15) is 20.7 Å². The zero-order chi connectivity index (χ0) is 16.9. The van der Waals surface area contributed by atoms with Gasteiger partial charge in [0.25, 0.3) is 11.8 Å². The second-order valence-corrected chi connectivity index (χ2v) is 5.82. The molecule has 1 N–H and O–H groups in total. The number of halogens is 1. The van der Waals surface area contributed by atoms with Gasteiger partial charge < -0.3 is 15.0 Å². The van der Waals surface area contributed by atoms with Crippen LogP contribution in [0, 0.1) is 0 Å². The van der Waals surface area contributed by atoms with Crippen LogP contribution in [0.4, 0.5) is 5.69 Å². The van der Waals surface area contributed by atoms with Gasteiger partial charge in [0.15, 0.2) is 0 Å². The van der Waals surface area contributed by atoms with E-state index in [4.69, 9.17) is 16.3 Å². The zero-order valence-electron chi connectivity index (χ0n) is 13.0. The molecule has 1 fully saturated rings. The van der Waals surface area contributed by atoms with Gasteiger partial charge in [0.2, 0.25) is 0 Å². The predicted molar refractivity (Wildman–Crippen MR) is 92.6 cm³/mol. The predicted octanol–water partition coefficient (Wildman–Crippen LogP) is 3.06. The molecule has 0 spiro atoms. The van der Waals surface area contributed by atoms with Crippen LogP contribution in [0.2, 0.25) is 5.02 Å². The van der Waals surface area contributed by atoms with Crippen LogP contribution < -0.4 is 5.32 Å². The molecule has 2 aromatic carbocycles. The van der Waals surface area contributed by atoms with E-state index in [2.05, 4.69) is 5.32 Å². The first-order valence-electron chi connectivity index (χ1n) is 7.68. The summed E-state index contributed by atoms with van der Waals surface area (Å²) in [6.07, 6.45) is 0. The highest BCUT2D eigenvalue weighted by atomic mass is 35.5. The van der Waals surface area contributed by atoms with E-state index < -0.39 is 0 Å². The number of benzene rings is 2. The molecule has 0 aromatic heterocycles. The number of rotatable bonds is 3. The smallest absolute Gasteiger partial charge is 0.255 e. The summed E-state index contributed by atoms with van der Waals surface area (Å²) >= 11 is 6.03. The van der Waals surface area contributed by atoms with Crippen LogP contribution in [-0.4, -0.2) is 43.0 Å². The average Bonchev–Trinajstić information content (AvgIpc) is 2.64. The summed E-state index contributed by atoms with van der Waals surface area (Å²) in [7, 11) is 0. The highest BCUT2D eigenvalue weighted by Gasteiger charge is 2.18. The lowest BCUT2D eigenvalue weighted by Gasteiger charge is -2.26. The number of hydrogen-bond donors (Lipinski definition) is 1. The first-order chi connectivity index (χ1) is 11.6. The van der Waals surface area contributed by atoms with Crippen LogP contribution >= 0.6 is 11.6 Å². The van der Waals surface area contributed by atoms with Gasteiger partial charge in [-0.05, 0) is 36.4 Å². The van der Waals surface area contributed by atoms with E-state index in [0.29, 0.717) is 48.1 Å². The van der Waals surface area contributed by atoms with Crippen molar-refractivity contribution in [3.05, 3.63) is 64.7 Å². The van der Waals surface area contributed by atoms with Crippen molar-refractivity contribution < 1.29 is 14.3 Å². The molecule has 1 saturated heterocycles. The maximum Gasteiger partial charge on any atom is 0.255 e. The van der Waals surface area contributed by atoms with E-state index in [1.54, 1.807) is 53.4 Å². The van der Waals surface area contributed by atoms with Crippen molar-refractivity contribution in [3.63, 3.8) is 0 Å². The molecule has 1 aliphatic rings. The van der Waals surface area contributed by atoms with E-state index in [1.807, 2.05) is 0 Å². The van der Waals surface area contributed by atoms with Crippen LogP contribution in [0.15, 0.2) is 48.5 Å². The third kappa shape index (κ3) is 3.75. The normalized spacial score (nSPS) is 14.3. The van der Waals surface area contributed by atoms with E-state index in [9.17, 15) is 9.59 Å². The Hall–Kier alpha value is -2.37. The highest BCUT2D eigenvalue weighted by molar-refractivity contribution is 6.33. The molecule has 1 aliphatic heterocycles. The molecule has 2 aromatic rings. The molecule has 124 valence electrons. The molecule has 0 bridgehead atoms. The summed E-state index contributed by atoms with van der Waals surface area (Å²) in [5, 5.41) is 3.23. The average molecular weight is 345 g/mol. The molecule has 2 amide bonds. The second kappa shape index (κ2) is 7.47. The summed E-state index contributed by atoms with van der Waals surface area (Å²) in [6.45, 7) is 2.30. The van der Waals surface area contributed by atoms with E-state index >= 15 is 0 Å². The quantitative estimate of drug-likeness (QED) is 0.931. The number of para-hydroxylation sites is 1. The summed E-state index contributed by atoms with van der Waals surface area (Å²) < 4.78 is 5.24. The second-order valence-electron chi connectivity index (χ2n) is 5.42. The number of carbonyl (C=O) groups excluding carboxylic acids is 2. The van der Waals surface area contributed by atoms with Crippen LogP contribution in [0.25, 0.3) is 0 Å². The molecular weight excluding hydrogens is 328 g/mol. The molecule has 0 saturated carbocycles. The standard InChI is InChI=1S/C18H17ClN2O3/c19-15-3-1-2-4-16(15)20-17(22)13-5-7-14(8-6-13)18(23)21-9-11-24-12-10-21/h1-8H,9-12H2,(H,20,22). The van der Waals surface area contributed by atoms with E-state index in [-0.39, 0.29) is 11.8 Å². The molecule has 5 nitrogen and oxygen atoms in total. The molecule has 1 heterocycles. The largest absolute Gasteiger partial charge is 0.378 e. The van der Waals surface area contributed by atoms with Crippen molar-refractivity contribution in [2.75, 3.05) is 31.6 Å². The van der Waals surface area contributed by atoms with Crippen LogP contribution in [0.3, 0.4) is 0 Å². The minimum atomic E-state index is -0.270. The fourth-order valence-electron chi connectivity index (χ4n) is 2.47. The van der Waals surface area contributed by atoms with Gasteiger partial charge in [-0.25, -0.2) is 0 Å². The Labute approximate surface area is 145 Å². The fourth-order valence-corrected chi connectivity index (χ4v) is 2.65. The SMILES string of the molecule is O=C(Nc1ccccc1Cl)c1ccc(C(=O)N2CCOCC2)cc1. The molecule has 0 atom stereocenters. The minimum Gasteiger partial charge on any atom is -0.378 e. The Morgan fingerprint density at radius 3 is 2.25 bits per heavy atom. The number of morpholine rings is 1. The minimum absolute atomic E-state index is 0.0450. The van der Waals surface area contributed by atoms with Gasteiger partial charge in [0, 0.05) is 24.2 Å². The van der Waals surface area contributed by atoms with Gasteiger partial charge in [0.1, 0.15) is 0 Å². The third-order valence-electron chi connectivity index (χ3n) is 3.81. The Bertz CT molecular complexity index is 740. The van der Waals surface area contributed by atoms with Crippen LogP contribution in [-0.2, 0) is 4.74 Å². The number of anilines is 1. The first kappa shape index (κ1) is 16.5. The molecule has 3 rings (SSSR count). The maximum atomic E-state index is 12.4. The number of carbonyl (C=O) groups is 2. The molecular formula is C18H17ClN2O3. The van der Waals surface area contributed by atoms with Gasteiger partial charge in [-0.2, -0.15) is 0 Å². The fraction of sp³-hybridized carbons (Fsp3) is 0.222. The van der Waals surface area contributed by atoms with Gasteiger partial charge in [0.05, 0.1) is 23.9 Å². The third-order valence-corrected chi connectivity index (χ3v) is 4.14. The van der Waals surface area contributed by atoms with Crippen molar-refractivity contribution in [2.24, 2.45) is 0 Å². The first-order valence-corrected chi connectivity index (χ1v) is 8.06. The lowest BCUT2D eigenvalue weighted by atomic mass is 10.1. The summed E-state index contributed by atoms with van der Waals surface area (Å²) in [4.78, 5) is 26.4. The van der Waals surface area contributed by atoms with Crippen molar-refractivity contribution >= 4 is 29.1 Å². The highest BCUT2D eigenvalue weighted by Crippen LogP contribution is 2.21. The lowest BCUT2D eigenvalue weighted by Crippen LogP contribution is -2.40. The van der Waals surface area contributed by atoms with E-state index in [1.165, 1.54) is 0 Å². The molecule has 0 aliphatic carbocycles.